The summed E-state index contributed by atoms with van der Waals surface area (Å²) >= 11 is 6.07. The van der Waals surface area contributed by atoms with Crippen LogP contribution in [0.2, 0.25) is 5.02 Å². The molecular weight excluding hydrogens is 366 g/mol. The van der Waals surface area contributed by atoms with Gasteiger partial charge in [-0.3, -0.25) is 9.59 Å². The lowest BCUT2D eigenvalue weighted by Crippen LogP contribution is -2.25. The SMILES string of the molecule is COCCCNC(=O)c1cccc(NC(=O)CNc2cccc(Cl)c2C)c1. The third kappa shape index (κ3) is 6.58. The summed E-state index contributed by atoms with van der Waals surface area (Å²) in [4.78, 5) is 24.3. The summed E-state index contributed by atoms with van der Waals surface area (Å²) in [6, 6.07) is 12.3. The van der Waals surface area contributed by atoms with E-state index in [4.69, 9.17) is 16.3 Å². The second-order valence-corrected chi connectivity index (χ2v) is 6.40. The van der Waals surface area contributed by atoms with Crippen LogP contribution in [0.1, 0.15) is 22.3 Å². The Labute approximate surface area is 164 Å². The fraction of sp³-hybridized carbons (Fsp3) is 0.300. The summed E-state index contributed by atoms with van der Waals surface area (Å²) < 4.78 is 4.95. The molecule has 0 atom stereocenters. The molecule has 144 valence electrons. The minimum Gasteiger partial charge on any atom is -0.385 e. The number of anilines is 2. The predicted molar refractivity (Wildman–Crippen MR) is 109 cm³/mol. The highest BCUT2D eigenvalue weighted by Crippen LogP contribution is 2.22. The van der Waals surface area contributed by atoms with Crippen molar-refractivity contribution in [1.82, 2.24) is 5.32 Å². The van der Waals surface area contributed by atoms with Gasteiger partial charge in [0, 0.05) is 42.2 Å². The Morgan fingerprint density at radius 2 is 1.93 bits per heavy atom. The number of nitrogens with one attached hydrogen (secondary N) is 3. The van der Waals surface area contributed by atoms with Crippen LogP contribution in [-0.2, 0) is 9.53 Å². The van der Waals surface area contributed by atoms with Crippen molar-refractivity contribution in [2.45, 2.75) is 13.3 Å². The Morgan fingerprint density at radius 3 is 2.70 bits per heavy atom. The Balaban J connectivity index is 1.88. The molecule has 2 rings (SSSR count). The molecule has 0 aliphatic heterocycles. The van der Waals surface area contributed by atoms with Gasteiger partial charge in [0.15, 0.2) is 0 Å². The Kier molecular flexibility index (Phi) is 8.10. The van der Waals surface area contributed by atoms with Crippen molar-refractivity contribution in [3.05, 3.63) is 58.6 Å². The highest BCUT2D eigenvalue weighted by molar-refractivity contribution is 6.31. The van der Waals surface area contributed by atoms with Gasteiger partial charge in [-0.2, -0.15) is 0 Å². The van der Waals surface area contributed by atoms with E-state index in [0.29, 0.717) is 29.4 Å². The molecule has 0 aromatic heterocycles. The standard InChI is InChI=1S/C20H24ClN3O3/c1-14-17(21)8-4-9-18(14)23-13-19(25)24-16-7-3-6-15(12-16)20(26)22-10-5-11-27-2/h3-4,6-9,12,23H,5,10-11,13H2,1-2H3,(H,22,26)(H,24,25). The number of rotatable bonds is 9. The molecule has 2 amide bonds. The fourth-order valence-electron chi connectivity index (χ4n) is 2.44. The molecule has 27 heavy (non-hydrogen) atoms. The highest BCUT2D eigenvalue weighted by atomic mass is 35.5. The Hall–Kier alpha value is -2.57. The van der Waals surface area contributed by atoms with Gasteiger partial charge in [0.25, 0.3) is 5.91 Å². The van der Waals surface area contributed by atoms with E-state index < -0.39 is 0 Å². The van der Waals surface area contributed by atoms with Crippen molar-refractivity contribution in [1.29, 1.82) is 0 Å². The quantitative estimate of drug-likeness (QED) is 0.574. The normalized spacial score (nSPS) is 10.3. The second-order valence-electron chi connectivity index (χ2n) is 6.00. The Bertz CT molecular complexity index is 796. The first-order chi connectivity index (χ1) is 13.0. The molecule has 0 saturated heterocycles. The maximum atomic E-state index is 12.2. The monoisotopic (exact) mass is 389 g/mol. The smallest absolute Gasteiger partial charge is 0.251 e. The van der Waals surface area contributed by atoms with E-state index in [0.717, 1.165) is 17.7 Å². The summed E-state index contributed by atoms with van der Waals surface area (Å²) in [5, 5.41) is 9.31. The maximum absolute atomic E-state index is 12.2. The number of methoxy groups -OCH3 is 1. The van der Waals surface area contributed by atoms with Crippen molar-refractivity contribution < 1.29 is 14.3 Å². The minimum absolute atomic E-state index is 0.0919. The molecule has 0 radical (unpaired) electrons. The van der Waals surface area contributed by atoms with Crippen LogP contribution in [0.3, 0.4) is 0 Å². The van der Waals surface area contributed by atoms with E-state index in [1.807, 2.05) is 19.1 Å². The van der Waals surface area contributed by atoms with Crippen LogP contribution in [0.5, 0.6) is 0 Å². The average molecular weight is 390 g/mol. The molecule has 2 aromatic carbocycles. The molecule has 2 aromatic rings. The molecule has 6 nitrogen and oxygen atoms in total. The van der Waals surface area contributed by atoms with E-state index in [9.17, 15) is 9.59 Å². The molecule has 0 heterocycles. The number of carbonyl (C=O) groups excluding carboxylic acids is 2. The largest absolute Gasteiger partial charge is 0.385 e. The summed E-state index contributed by atoms with van der Waals surface area (Å²) in [6.07, 6.45) is 0.743. The number of hydrogen-bond donors (Lipinski definition) is 3. The van der Waals surface area contributed by atoms with Gasteiger partial charge in [-0.05, 0) is 49.2 Å². The first-order valence-corrected chi connectivity index (χ1v) is 9.05. The van der Waals surface area contributed by atoms with Crippen LogP contribution in [0.4, 0.5) is 11.4 Å². The number of benzene rings is 2. The molecule has 3 N–H and O–H groups in total. The topological polar surface area (TPSA) is 79.5 Å². The first-order valence-electron chi connectivity index (χ1n) is 8.67. The van der Waals surface area contributed by atoms with Crippen molar-refractivity contribution in [2.75, 3.05) is 37.4 Å². The molecule has 0 fully saturated rings. The first kappa shape index (κ1) is 20.7. The van der Waals surface area contributed by atoms with Gasteiger partial charge < -0.3 is 20.7 Å². The van der Waals surface area contributed by atoms with E-state index in [2.05, 4.69) is 16.0 Å². The summed E-state index contributed by atoms with van der Waals surface area (Å²) in [5.41, 5.74) is 2.75. The van der Waals surface area contributed by atoms with Gasteiger partial charge in [0.1, 0.15) is 0 Å². The Morgan fingerprint density at radius 1 is 1.15 bits per heavy atom. The van der Waals surface area contributed by atoms with E-state index in [1.54, 1.807) is 37.4 Å². The van der Waals surface area contributed by atoms with Gasteiger partial charge in [-0.1, -0.05) is 23.7 Å². The average Bonchev–Trinajstić information content (AvgIpc) is 2.66. The van der Waals surface area contributed by atoms with Gasteiger partial charge in [0.2, 0.25) is 5.91 Å². The van der Waals surface area contributed by atoms with E-state index in [-0.39, 0.29) is 18.4 Å². The molecule has 0 spiro atoms. The molecule has 0 bridgehead atoms. The summed E-state index contributed by atoms with van der Waals surface area (Å²) in [5.74, 6) is -0.401. The molecule has 0 aliphatic carbocycles. The zero-order valence-corrected chi connectivity index (χ0v) is 16.2. The third-order valence-corrected chi connectivity index (χ3v) is 4.34. The van der Waals surface area contributed by atoms with Crippen molar-refractivity contribution in [2.24, 2.45) is 0 Å². The van der Waals surface area contributed by atoms with Crippen LogP contribution < -0.4 is 16.0 Å². The lowest BCUT2D eigenvalue weighted by atomic mass is 10.2. The lowest BCUT2D eigenvalue weighted by Gasteiger charge is -2.11. The van der Waals surface area contributed by atoms with Crippen molar-refractivity contribution in [3.8, 4) is 0 Å². The van der Waals surface area contributed by atoms with Gasteiger partial charge >= 0.3 is 0 Å². The predicted octanol–water partition coefficient (Wildman–Crippen LogP) is 3.47. The number of hydrogen-bond acceptors (Lipinski definition) is 4. The van der Waals surface area contributed by atoms with Gasteiger partial charge in [-0.25, -0.2) is 0 Å². The number of carbonyl (C=O) groups is 2. The van der Waals surface area contributed by atoms with E-state index >= 15 is 0 Å². The molecule has 0 saturated carbocycles. The fourth-order valence-corrected chi connectivity index (χ4v) is 2.61. The summed E-state index contributed by atoms with van der Waals surface area (Å²) in [7, 11) is 1.62. The van der Waals surface area contributed by atoms with Crippen LogP contribution in [0.15, 0.2) is 42.5 Å². The lowest BCUT2D eigenvalue weighted by molar-refractivity contribution is -0.114. The maximum Gasteiger partial charge on any atom is 0.251 e. The van der Waals surface area contributed by atoms with Crippen molar-refractivity contribution >= 4 is 34.8 Å². The molecule has 0 unspecified atom stereocenters. The van der Waals surface area contributed by atoms with Crippen LogP contribution in [-0.4, -0.2) is 38.6 Å². The summed E-state index contributed by atoms with van der Waals surface area (Å²) in [6.45, 7) is 3.10. The van der Waals surface area contributed by atoms with Crippen molar-refractivity contribution in [3.63, 3.8) is 0 Å². The zero-order valence-electron chi connectivity index (χ0n) is 15.5. The van der Waals surface area contributed by atoms with Crippen LogP contribution >= 0.6 is 11.6 Å². The molecule has 0 aliphatic rings. The molecule has 7 heteroatoms. The van der Waals surface area contributed by atoms with Gasteiger partial charge in [-0.15, -0.1) is 0 Å². The van der Waals surface area contributed by atoms with Crippen LogP contribution in [0, 0.1) is 6.92 Å². The minimum atomic E-state index is -0.216. The highest BCUT2D eigenvalue weighted by Gasteiger charge is 2.08. The van der Waals surface area contributed by atoms with Gasteiger partial charge in [0.05, 0.1) is 6.54 Å². The number of ether oxygens (including phenoxy) is 1. The number of halogens is 1. The zero-order chi connectivity index (χ0) is 19.6. The van der Waals surface area contributed by atoms with E-state index in [1.165, 1.54) is 0 Å². The number of amides is 2. The molecular formula is C20H24ClN3O3. The second kappa shape index (κ2) is 10.5. The third-order valence-electron chi connectivity index (χ3n) is 3.93. The van der Waals surface area contributed by atoms with Crippen LogP contribution in [0.25, 0.3) is 0 Å².